The summed E-state index contributed by atoms with van der Waals surface area (Å²) in [6.07, 6.45) is 8.19. The van der Waals surface area contributed by atoms with E-state index in [0.717, 1.165) is 38.0 Å². The van der Waals surface area contributed by atoms with Gasteiger partial charge in [-0.1, -0.05) is 73.2 Å². The van der Waals surface area contributed by atoms with Crippen LogP contribution < -0.4 is 5.43 Å². The summed E-state index contributed by atoms with van der Waals surface area (Å²) in [4.78, 5) is 5.24. The molecule has 0 bridgehead atoms. The van der Waals surface area contributed by atoms with E-state index in [1.54, 1.807) is 0 Å². The number of rotatable bonds is 9. The van der Waals surface area contributed by atoms with Crippen LogP contribution in [0.1, 0.15) is 63.0 Å². The second kappa shape index (κ2) is 14.2. The Kier molecular flexibility index (Phi) is 10.5. The van der Waals surface area contributed by atoms with E-state index in [4.69, 9.17) is 0 Å². The zero-order chi connectivity index (χ0) is 26.7. The zero-order valence-corrected chi connectivity index (χ0v) is 23.6. The number of nitrogens with one attached hydrogen (secondary N) is 1. The molecule has 0 amide bonds. The van der Waals surface area contributed by atoms with E-state index in [1.165, 1.54) is 49.2 Å². The van der Waals surface area contributed by atoms with Crippen molar-refractivity contribution < 1.29 is 0 Å². The van der Waals surface area contributed by atoms with Crippen LogP contribution in [0.15, 0.2) is 78.8 Å². The Hall–Kier alpha value is -3.00. The van der Waals surface area contributed by atoms with Crippen molar-refractivity contribution in [1.82, 2.24) is 35.0 Å². The van der Waals surface area contributed by atoms with Crippen LogP contribution in [0.4, 0.5) is 0 Å². The van der Waals surface area contributed by atoms with Crippen molar-refractivity contribution >= 4 is 0 Å². The second-order valence-corrected chi connectivity index (χ2v) is 10.4. The van der Waals surface area contributed by atoms with Crippen molar-refractivity contribution in [2.24, 2.45) is 0 Å². The van der Waals surface area contributed by atoms with Crippen LogP contribution in [0.2, 0.25) is 0 Å². The average Bonchev–Trinajstić information content (AvgIpc) is 3.40. The number of piperazine rings is 1. The van der Waals surface area contributed by atoms with E-state index >= 15 is 0 Å². The van der Waals surface area contributed by atoms with Crippen molar-refractivity contribution in [2.45, 2.75) is 65.2 Å². The minimum atomic E-state index is 0.319. The summed E-state index contributed by atoms with van der Waals surface area (Å²) in [7, 11) is 1.94. The summed E-state index contributed by atoms with van der Waals surface area (Å²) in [6.45, 7) is 12.8. The molecule has 1 saturated heterocycles. The lowest BCUT2D eigenvalue weighted by Gasteiger charge is -2.44. The first-order valence-corrected chi connectivity index (χ1v) is 14.1. The molecule has 2 fully saturated rings. The van der Waals surface area contributed by atoms with Crippen LogP contribution in [-0.2, 0) is 13.1 Å². The molecule has 38 heavy (non-hydrogen) atoms. The van der Waals surface area contributed by atoms with Crippen LogP contribution in [0.3, 0.4) is 0 Å². The summed E-state index contributed by atoms with van der Waals surface area (Å²) in [5.74, 6) is 1.08. The van der Waals surface area contributed by atoms with E-state index in [0.29, 0.717) is 6.04 Å². The summed E-state index contributed by atoms with van der Waals surface area (Å²) < 4.78 is 2.19. The van der Waals surface area contributed by atoms with Crippen LogP contribution in [0.5, 0.6) is 0 Å². The van der Waals surface area contributed by atoms with Crippen molar-refractivity contribution in [3.8, 4) is 0 Å². The molecule has 1 aliphatic carbocycles. The van der Waals surface area contributed by atoms with E-state index in [1.807, 2.05) is 26.4 Å². The number of benzene rings is 2. The van der Waals surface area contributed by atoms with E-state index in [-0.39, 0.29) is 0 Å². The van der Waals surface area contributed by atoms with Gasteiger partial charge in [0.1, 0.15) is 12.2 Å². The average molecular weight is 516 g/mol. The Morgan fingerprint density at radius 2 is 1.63 bits per heavy atom. The van der Waals surface area contributed by atoms with Gasteiger partial charge in [-0.3, -0.25) is 9.80 Å². The minimum absolute atomic E-state index is 0.319. The van der Waals surface area contributed by atoms with E-state index < -0.39 is 0 Å². The zero-order valence-electron chi connectivity index (χ0n) is 23.6. The van der Waals surface area contributed by atoms with Gasteiger partial charge in [0.25, 0.3) is 0 Å². The molecular formula is C31H45N7. The molecular weight excluding hydrogens is 470 g/mol. The molecule has 2 heterocycles. The van der Waals surface area contributed by atoms with Gasteiger partial charge in [0.2, 0.25) is 0 Å². The summed E-state index contributed by atoms with van der Waals surface area (Å²) in [5.41, 5.74) is 7.00. The van der Waals surface area contributed by atoms with Crippen molar-refractivity contribution in [2.75, 3.05) is 33.2 Å². The van der Waals surface area contributed by atoms with Gasteiger partial charge in [0, 0.05) is 45.0 Å². The summed E-state index contributed by atoms with van der Waals surface area (Å²) in [5, 5.41) is 10.7. The molecule has 3 aromatic rings. The Morgan fingerprint density at radius 3 is 2.18 bits per heavy atom. The Morgan fingerprint density at radius 1 is 1.00 bits per heavy atom. The van der Waals surface area contributed by atoms with Gasteiger partial charge < -0.3 is 9.58 Å². The van der Waals surface area contributed by atoms with Gasteiger partial charge in [0.05, 0.1) is 19.1 Å². The molecule has 1 aliphatic heterocycles. The topological polar surface area (TPSA) is 52.5 Å². The van der Waals surface area contributed by atoms with Crippen molar-refractivity contribution in [3.63, 3.8) is 0 Å². The fourth-order valence-electron chi connectivity index (χ4n) is 5.20. The molecule has 1 atom stereocenters. The Labute approximate surface area is 229 Å². The maximum Gasteiger partial charge on any atom is 0.150 e. The van der Waals surface area contributed by atoms with Crippen LogP contribution >= 0.6 is 0 Å². The molecule has 7 nitrogen and oxygen atoms in total. The number of hydrogen-bond acceptors (Lipinski definition) is 6. The largest absolute Gasteiger partial charge is 0.312 e. The molecule has 2 aliphatic rings. The highest BCUT2D eigenvalue weighted by molar-refractivity contribution is 5.16. The summed E-state index contributed by atoms with van der Waals surface area (Å²) in [6, 6.07) is 22.2. The Balaban J connectivity index is 0.000000206. The fraction of sp³-hybridized carbons (Fsp3) is 0.484. The molecule has 2 aromatic carbocycles. The molecule has 1 aromatic heterocycles. The van der Waals surface area contributed by atoms with Gasteiger partial charge in [-0.05, 0) is 44.7 Å². The van der Waals surface area contributed by atoms with E-state index in [2.05, 4.69) is 110 Å². The molecule has 5 rings (SSSR count). The molecule has 1 N–H and O–H groups in total. The third-order valence-corrected chi connectivity index (χ3v) is 8.00. The predicted molar refractivity (Wildman–Crippen MR) is 155 cm³/mol. The highest BCUT2D eigenvalue weighted by atomic mass is 15.5. The normalized spacial score (nSPS) is 17.8. The number of hydrogen-bond donors (Lipinski definition) is 1. The highest BCUT2D eigenvalue weighted by Gasteiger charge is 2.30. The molecule has 0 spiro atoms. The van der Waals surface area contributed by atoms with Gasteiger partial charge in [-0.15, -0.1) is 10.2 Å². The first kappa shape index (κ1) is 28.0. The lowest BCUT2D eigenvalue weighted by atomic mass is 9.91. The van der Waals surface area contributed by atoms with Crippen LogP contribution in [-0.4, -0.2) is 68.8 Å². The maximum atomic E-state index is 4.43. The number of hydrazine groups is 1. The van der Waals surface area contributed by atoms with Gasteiger partial charge in [0.15, 0.2) is 0 Å². The number of aromatic nitrogens is 3. The second-order valence-electron chi connectivity index (χ2n) is 10.4. The van der Waals surface area contributed by atoms with Crippen LogP contribution in [0.25, 0.3) is 0 Å². The lowest BCUT2D eigenvalue weighted by Crippen LogP contribution is -2.52. The first-order valence-electron chi connectivity index (χ1n) is 14.1. The Bertz CT molecular complexity index is 1100. The minimum Gasteiger partial charge on any atom is -0.312 e. The first-order chi connectivity index (χ1) is 18.6. The number of nitrogens with zero attached hydrogens (tertiary/aromatic N) is 6. The fourth-order valence-corrected chi connectivity index (χ4v) is 5.20. The summed E-state index contributed by atoms with van der Waals surface area (Å²) >= 11 is 0. The third-order valence-electron chi connectivity index (χ3n) is 8.00. The smallest absolute Gasteiger partial charge is 0.150 e. The third kappa shape index (κ3) is 7.53. The van der Waals surface area contributed by atoms with E-state index in [9.17, 15) is 0 Å². The predicted octanol–water partition coefficient (Wildman–Crippen LogP) is 5.10. The SMILES string of the molecule is C/C=C(/C)N(Cc1ccccc1)NC.CC(c1nncn1Cc1ccccc1)N1CCN(C2CCC2)CC1. The quantitative estimate of drug-likeness (QED) is 0.400. The van der Waals surface area contributed by atoms with Crippen molar-refractivity contribution in [3.05, 3.63) is 95.7 Å². The highest BCUT2D eigenvalue weighted by Crippen LogP contribution is 2.27. The number of allylic oxidation sites excluding steroid dienone is 2. The molecule has 7 heteroatoms. The standard InChI is InChI=1S/C19H27N5.C12H18N2/c1-16(22-10-12-23(13-11-22)18-8-5-9-18)19-21-20-15-24(19)14-17-6-3-2-4-7-17;1-4-11(2)14(13-3)10-12-8-6-5-7-9-12/h2-4,6-7,15-16,18H,5,8-14H2,1H3;4-9,13H,10H2,1-3H3/b;11-4-. The molecule has 1 unspecified atom stereocenters. The van der Waals surface area contributed by atoms with Gasteiger partial charge in [-0.25, -0.2) is 5.43 Å². The molecule has 204 valence electrons. The van der Waals surface area contributed by atoms with Crippen molar-refractivity contribution in [1.29, 1.82) is 0 Å². The molecule has 0 radical (unpaired) electrons. The molecule has 1 saturated carbocycles. The van der Waals surface area contributed by atoms with Gasteiger partial charge >= 0.3 is 0 Å². The monoisotopic (exact) mass is 515 g/mol. The lowest BCUT2D eigenvalue weighted by molar-refractivity contribution is 0.0436. The van der Waals surface area contributed by atoms with Gasteiger partial charge in [-0.2, -0.15) is 0 Å². The maximum absolute atomic E-state index is 4.43. The van der Waals surface area contributed by atoms with Crippen LogP contribution in [0, 0.1) is 0 Å².